The quantitative estimate of drug-likeness (QED) is 0.686. The van der Waals surface area contributed by atoms with Gasteiger partial charge in [-0.3, -0.25) is 4.79 Å². The van der Waals surface area contributed by atoms with Crippen LogP contribution >= 0.6 is 34.2 Å². The number of carboxylic acids is 1. The average Bonchev–Trinajstić information content (AvgIpc) is 2.46. The second-order valence-corrected chi connectivity index (χ2v) is 6.08. The van der Waals surface area contributed by atoms with E-state index in [-0.39, 0.29) is 18.4 Å². The van der Waals surface area contributed by atoms with Gasteiger partial charge in [0.2, 0.25) is 0 Å². The maximum absolute atomic E-state index is 12.4. The van der Waals surface area contributed by atoms with Crippen molar-refractivity contribution in [3.05, 3.63) is 26.3 Å². The molecule has 7 heteroatoms. The summed E-state index contributed by atoms with van der Waals surface area (Å²) >= 11 is 8.06. The summed E-state index contributed by atoms with van der Waals surface area (Å²) in [5, 5.41) is 12.4. The van der Waals surface area contributed by atoms with Gasteiger partial charge in [0.25, 0.3) is 5.91 Å². The summed E-state index contributed by atoms with van der Waals surface area (Å²) in [6.07, 6.45) is 0.565. The van der Waals surface area contributed by atoms with Crippen LogP contribution in [0.2, 0.25) is 5.02 Å². The number of halogens is 2. The summed E-state index contributed by atoms with van der Waals surface area (Å²) in [6.45, 7) is 3.44. The molecule has 1 aromatic carbocycles. The van der Waals surface area contributed by atoms with E-state index in [4.69, 9.17) is 16.3 Å². The summed E-state index contributed by atoms with van der Waals surface area (Å²) < 4.78 is 5.92. The zero-order valence-electron chi connectivity index (χ0n) is 12.0. The fourth-order valence-corrected chi connectivity index (χ4v) is 2.54. The maximum Gasteiger partial charge on any atom is 0.329 e. The molecule has 21 heavy (non-hydrogen) atoms. The zero-order valence-corrected chi connectivity index (χ0v) is 14.9. The summed E-state index contributed by atoms with van der Waals surface area (Å²) in [7, 11) is 1.44. The van der Waals surface area contributed by atoms with Gasteiger partial charge in [0, 0.05) is 3.57 Å². The first-order valence-corrected chi connectivity index (χ1v) is 7.85. The number of hydrogen-bond acceptors (Lipinski definition) is 3. The van der Waals surface area contributed by atoms with Gasteiger partial charge in [-0.2, -0.15) is 0 Å². The van der Waals surface area contributed by atoms with Gasteiger partial charge in [0.1, 0.15) is 11.3 Å². The van der Waals surface area contributed by atoms with Crippen molar-refractivity contribution in [1.82, 2.24) is 5.32 Å². The Labute approximate surface area is 142 Å². The van der Waals surface area contributed by atoms with E-state index in [0.717, 1.165) is 3.57 Å². The number of methoxy groups -OCH3 is 1. The molecular formula is C14H17ClINO4. The van der Waals surface area contributed by atoms with Crippen molar-refractivity contribution in [3.63, 3.8) is 0 Å². The largest absolute Gasteiger partial charge is 0.496 e. The molecule has 0 radical (unpaired) electrons. The van der Waals surface area contributed by atoms with Crippen LogP contribution in [-0.4, -0.2) is 29.6 Å². The predicted octanol–water partition coefficient (Wildman–Crippen LogP) is 3.33. The van der Waals surface area contributed by atoms with Gasteiger partial charge in [-0.05, 0) is 47.6 Å². The third kappa shape index (κ3) is 3.79. The second-order valence-electron chi connectivity index (χ2n) is 4.52. The molecule has 0 atom stereocenters. The van der Waals surface area contributed by atoms with E-state index in [9.17, 15) is 14.7 Å². The fraction of sp³-hybridized carbons (Fsp3) is 0.429. The Balaban J connectivity index is 3.20. The number of hydrogen-bond donors (Lipinski definition) is 2. The van der Waals surface area contributed by atoms with Gasteiger partial charge in [-0.25, -0.2) is 4.79 Å². The molecule has 0 bridgehead atoms. The lowest BCUT2D eigenvalue weighted by molar-refractivity contribution is -0.144. The highest BCUT2D eigenvalue weighted by Gasteiger charge is 2.37. The Morgan fingerprint density at radius 3 is 2.38 bits per heavy atom. The number of amides is 1. The molecule has 1 rings (SSSR count). The van der Waals surface area contributed by atoms with Crippen LogP contribution in [0.4, 0.5) is 0 Å². The highest BCUT2D eigenvalue weighted by Crippen LogP contribution is 2.29. The Bertz CT molecular complexity index is 558. The summed E-state index contributed by atoms with van der Waals surface area (Å²) in [5.74, 6) is -1.22. The molecule has 1 amide bonds. The minimum absolute atomic E-state index is 0.218. The van der Waals surface area contributed by atoms with Gasteiger partial charge in [-0.1, -0.05) is 25.4 Å². The molecule has 1 aromatic rings. The molecule has 0 saturated heterocycles. The van der Waals surface area contributed by atoms with E-state index in [1.54, 1.807) is 19.9 Å². The van der Waals surface area contributed by atoms with Crippen LogP contribution in [0.15, 0.2) is 12.1 Å². The lowest BCUT2D eigenvalue weighted by Crippen LogP contribution is -2.53. The molecular weight excluding hydrogens is 409 g/mol. The van der Waals surface area contributed by atoms with Crippen molar-refractivity contribution in [1.29, 1.82) is 0 Å². The van der Waals surface area contributed by atoms with E-state index in [2.05, 4.69) is 5.32 Å². The molecule has 5 nitrogen and oxygen atoms in total. The number of carboxylic acid groups (broad SMARTS) is 1. The van der Waals surface area contributed by atoms with E-state index in [0.29, 0.717) is 10.8 Å². The first-order valence-electron chi connectivity index (χ1n) is 6.40. The van der Waals surface area contributed by atoms with E-state index in [1.165, 1.54) is 13.2 Å². The third-order valence-corrected chi connectivity index (χ3v) is 4.98. The molecule has 0 aliphatic heterocycles. The molecule has 0 aromatic heterocycles. The highest BCUT2D eigenvalue weighted by atomic mass is 127. The smallest absolute Gasteiger partial charge is 0.329 e. The normalized spacial score (nSPS) is 11.1. The third-order valence-electron chi connectivity index (χ3n) is 3.46. The molecule has 2 N–H and O–H groups in total. The molecule has 0 aliphatic rings. The molecule has 0 aliphatic carbocycles. The number of benzene rings is 1. The van der Waals surface area contributed by atoms with Crippen LogP contribution in [0.5, 0.6) is 5.75 Å². The van der Waals surface area contributed by atoms with Gasteiger partial charge >= 0.3 is 5.97 Å². The number of carbonyl (C=O) groups excluding carboxylic acids is 1. The Hall–Kier alpha value is -1.02. The first kappa shape index (κ1) is 18.0. The summed E-state index contributed by atoms with van der Waals surface area (Å²) in [6, 6.07) is 3.12. The lowest BCUT2D eigenvalue weighted by Gasteiger charge is -2.28. The monoisotopic (exact) mass is 425 g/mol. The molecule has 116 valence electrons. The molecule has 0 heterocycles. The molecule has 0 unspecified atom stereocenters. The number of rotatable bonds is 6. The summed E-state index contributed by atoms with van der Waals surface area (Å²) in [4.78, 5) is 23.9. The predicted molar refractivity (Wildman–Crippen MR) is 89.1 cm³/mol. The lowest BCUT2D eigenvalue weighted by atomic mass is 9.92. The minimum Gasteiger partial charge on any atom is -0.496 e. The van der Waals surface area contributed by atoms with Crippen molar-refractivity contribution in [2.45, 2.75) is 32.2 Å². The maximum atomic E-state index is 12.4. The van der Waals surface area contributed by atoms with Crippen LogP contribution in [0.1, 0.15) is 37.0 Å². The van der Waals surface area contributed by atoms with E-state index < -0.39 is 17.4 Å². The van der Waals surface area contributed by atoms with Crippen LogP contribution in [0.25, 0.3) is 0 Å². The Kier molecular flexibility index (Phi) is 6.27. The Morgan fingerprint density at radius 1 is 1.38 bits per heavy atom. The van der Waals surface area contributed by atoms with Crippen molar-refractivity contribution < 1.29 is 19.4 Å². The minimum atomic E-state index is -1.29. The SMILES string of the molecule is CCC(CC)(NC(=O)c1cc(Cl)c(I)cc1OC)C(=O)O. The molecule has 0 fully saturated rings. The highest BCUT2D eigenvalue weighted by molar-refractivity contribution is 14.1. The van der Waals surface area contributed by atoms with Gasteiger partial charge < -0.3 is 15.2 Å². The van der Waals surface area contributed by atoms with Crippen LogP contribution < -0.4 is 10.1 Å². The van der Waals surface area contributed by atoms with Crippen molar-refractivity contribution >= 4 is 46.1 Å². The van der Waals surface area contributed by atoms with E-state index in [1.807, 2.05) is 22.6 Å². The fourth-order valence-electron chi connectivity index (χ4n) is 1.94. The standard InChI is InChI=1S/C14H17ClINO4/c1-4-14(5-2,13(19)20)17-12(18)8-6-9(15)10(16)7-11(8)21-3/h6-7H,4-5H2,1-3H3,(H,17,18)(H,19,20). The number of carbonyl (C=O) groups is 2. The van der Waals surface area contributed by atoms with Crippen molar-refractivity contribution in [3.8, 4) is 5.75 Å². The van der Waals surface area contributed by atoms with Crippen molar-refractivity contribution in [2.75, 3.05) is 7.11 Å². The number of ether oxygens (including phenoxy) is 1. The number of aliphatic carboxylic acids is 1. The van der Waals surface area contributed by atoms with Gasteiger partial charge in [0.15, 0.2) is 0 Å². The molecule has 0 saturated carbocycles. The van der Waals surface area contributed by atoms with Gasteiger partial charge in [-0.15, -0.1) is 0 Å². The van der Waals surface area contributed by atoms with Crippen LogP contribution in [0.3, 0.4) is 0 Å². The van der Waals surface area contributed by atoms with Crippen LogP contribution in [0, 0.1) is 3.57 Å². The van der Waals surface area contributed by atoms with Gasteiger partial charge in [0.05, 0.1) is 17.7 Å². The summed E-state index contributed by atoms with van der Waals surface area (Å²) in [5.41, 5.74) is -1.08. The zero-order chi connectivity index (χ0) is 16.2. The second kappa shape index (κ2) is 7.31. The Morgan fingerprint density at radius 2 is 1.95 bits per heavy atom. The molecule has 0 spiro atoms. The average molecular weight is 426 g/mol. The van der Waals surface area contributed by atoms with Crippen LogP contribution in [-0.2, 0) is 4.79 Å². The number of nitrogens with one attached hydrogen (secondary N) is 1. The first-order chi connectivity index (χ1) is 9.81. The topological polar surface area (TPSA) is 75.6 Å². The van der Waals surface area contributed by atoms with E-state index >= 15 is 0 Å². The van der Waals surface area contributed by atoms with Crippen molar-refractivity contribution in [2.24, 2.45) is 0 Å².